The molecule has 14 nitrogen and oxygen atoms in total. The molecule has 0 aliphatic heterocycles. The van der Waals surface area contributed by atoms with Crippen LogP contribution in [0.1, 0.15) is 81.7 Å². The first kappa shape index (κ1) is 60.7. The Morgan fingerprint density at radius 3 is 1.20 bits per heavy atom. The Bertz CT molecular complexity index is 3560. The Morgan fingerprint density at radius 1 is 0.500 bits per heavy atom. The van der Waals surface area contributed by atoms with Gasteiger partial charge in [0.15, 0.2) is 0 Å². The second kappa shape index (κ2) is 30.0. The number of amides is 4. The molecule has 3 aliphatic rings. The predicted molar refractivity (Wildman–Crippen MR) is 335 cm³/mol. The molecule has 8 aromatic rings. The molecular formula is C68H63N5O9S2. The van der Waals surface area contributed by atoms with Crippen molar-refractivity contribution < 1.29 is 43.3 Å². The van der Waals surface area contributed by atoms with Gasteiger partial charge in [0, 0.05) is 36.4 Å². The zero-order valence-corrected chi connectivity index (χ0v) is 48.1. The van der Waals surface area contributed by atoms with Crippen LogP contribution < -0.4 is 21.7 Å². The third-order valence-electron chi connectivity index (χ3n) is 14.1. The molecule has 0 saturated carbocycles. The minimum atomic E-state index is -0.891. The van der Waals surface area contributed by atoms with Crippen LogP contribution in [0, 0.1) is 0 Å². The highest BCUT2D eigenvalue weighted by Crippen LogP contribution is 2.47. The number of carbonyl (C=O) groups excluding carboxylic acids is 4. The van der Waals surface area contributed by atoms with Crippen molar-refractivity contribution in [3.05, 3.63) is 244 Å². The molecule has 4 amide bonds. The van der Waals surface area contributed by atoms with E-state index in [1.54, 1.807) is 24.3 Å². The number of nitrogens with two attached hydrogens (primary N) is 1. The van der Waals surface area contributed by atoms with Crippen LogP contribution in [-0.2, 0) is 43.1 Å². The number of isothiocyanates is 1. The summed E-state index contributed by atoms with van der Waals surface area (Å²) < 4.78 is 16.2. The Hall–Kier alpha value is -9.44. The normalized spacial score (nSPS) is 11.8. The highest BCUT2D eigenvalue weighted by atomic mass is 32.1. The molecule has 0 saturated heterocycles. The van der Waals surface area contributed by atoms with Gasteiger partial charge in [0.2, 0.25) is 5.91 Å². The van der Waals surface area contributed by atoms with Crippen molar-refractivity contribution in [2.75, 3.05) is 38.2 Å². The number of carbonyl (C=O) groups is 5. The first-order valence-electron chi connectivity index (χ1n) is 27.4. The van der Waals surface area contributed by atoms with Gasteiger partial charge in [-0.2, -0.15) is 0 Å². The largest absolute Gasteiger partial charge is 0.481 e. The monoisotopic (exact) mass is 1160 g/mol. The van der Waals surface area contributed by atoms with Crippen LogP contribution in [0.15, 0.2) is 199 Å². The molecule has 8 aromatic carbocycles. The van der Waals surface area contributed by atoms with E-state index < -0.39 is 24.2 Å². The summed E-state index contributed by atoms with van der Waals surface area (Å²) in [6.45, 7) is 5.92. The number of ether oxygens (including phenoxy) is 3. The SMILES string of the molecule is CCN.CCNC(=O)Cc1ccc(CC(=S)NC(=O)OCC2c3ccccc3-c3ccccc32)cc1.O=C(N=C=S)OCC1c2ccccc2-c2ccccc21.O=C(O)Cc1ccc(NC(=O)OCC2c3ccccc3-c3ccccc32)cc1. The highest BCUT2D eigenvalue weighted by molar-refractivity contribution is 7.80. The number of aliphatic carboxylic acids is 1. The summed E-state index contributed by atoms with van der Waals surface area (Å²) in [5, 5.41) is 19.0. The summed E-state index contributed by atoms with van der Waals surface area (Å²) in [5.74, 6) is -0.827. The van der Waals surface area contributed by atoms with Crippen LogP contribution in [0.4, 0.5) is 20.1 Å². The van der Waals surface area contributed by atoms with Gasteiger partial charge < -0.3 is 30.4 Å². The topological polar surface area (TPSA) is 208 Å². The van der Waals surface area contributed by atoms with Gasteiger partial charge in [-0.1, -0.05) is 201 Å². The van der Waals surface area contributed by atoms with Crippen molar-refractivity contribution in [3.8, 4) is 33.4 Å². The number of carboxylic acid groups (broad SMARTS) is 1. The van der Waals surface area contributed by atoms with E-state index in [-0.39, 0.29) is 49.9 Å². The molecule has 0 spiro atoms. The van der Waals surface area contributed by atoms with Crippen LogP contribution >= 0.6 is 24.4 Å². The van der Waals surface area contributed by atoms with Crippen molar-refractivity contribution in [2.45, 2.75) is 50.9 Å². The Kier molecular flexibility index (Phi) is 21.7. The number of rotatable bonds is 14. The number of anilines is 1. The van der Waals surface area contributed by atoms with Crippen molar-refractivity contribution in [1.29, 1.82) is 0 Å². The van der Waals surface area contributed by atoms with E-state index in [0.29, 0.717) is 35.6 Å². The fourth-order valence-corrected chi connectivity index (χ4v) is 10.8. The second-order valence-corrected chi connectivity index (χ2v) is 20.3. The number of hydrogen-bond donors (Lipinski definition) is 5. The number of nitrogens with zero attached hydrogens (tertiary/aromatic N) is 1. The zero-order valence-electron chi connectivity index (χ0n) is 46.4. The van der Waals surface area contributed by atoms with Gasteiger partial charge in [-0.15, -0.1) is 4.99 Å². The summed E-state index contributed by atoms with van der Waals surface area (Å²) in [7, 11) is 0. The average molecular weight is 1160 g/mol. The van der Waals surface area contributed by atoms with Crippen LogP contribution in [-0.4, -0.2) is 78.3 Å². The maximum Gasteiger partial charge on any atom is 0.442 e. The van der Waals surface area contributed by atoms with Crippen molar-refractivity contribution >= 4 is 70.4 Å². The van der Waals surface area contributed by atoms with Gasteiger partial charge >= 0.3 is 24.2 Å². The van der Waals surface area contributed by atoms with Crippen LogP contribution in [0.3, 0.4) is 0 Å². The second-order valence-electron chi connectivity index (χ2n) is 19.6. The smallest absolute Gasteiger partial charge is 0.442 e. The molecule has 0 bridgehead atoms. The lowest BCUT2D eigenvalue weighted by Gasteiger charge is -2.15. The van der Waals surface area contributed by atoms with E-state index >= 15 is 0 Å². The van der Waals surface area contributed by atoms with Crippen LogP contribution in [0.2, 0.25) is 0 Å². The molecule has 0 atom stereocenters. The number of nitrogens with one attached hydrogen (secondary N) is 3. The summed E-state index contributed by atoms with van der Waals surface area (Å²) in [5.41, 5.74) is 22.1. The van der Waals surface area contributed by atoms with Gasteiger partial charge in [0.05, 0.1) is 23.0 Å². The van der Waals surface area contributed by atoms with Crippen molar-refractivity contribution in [2.24, 2.45) is 10.7 Å². The number of carboxylic acids is 1. The van der Waals surface area contributed by atoms with Gasteiger partial charge in [0.25, 0.3) is 0 Å². The van der Waals surface area contributed by atoms with Gasteiger partial charge in [-0.05, 0) is 121 Å². The third kappa shape index (κ3) is 15.8. The molecule has 0 heterocycles. The number of benzene rings is 8. The lowest BCUT2D eigenvalue weighted by molar-refractivity contribution is -0.136. The van der Waals surface area contributed by atoms with E-state index in [1.807, 2.05) is 116 Å². The quantitative estimate of drug-likeness (QED) is 0.0392. The van der Waals surface area contributed by atoms with Crippen LogP contribution in [0.5, 0.6) is 0 Å². The first-order valence-corrected chi connectivity index (χ1v) is 28.3. The number of likely N-dealkylation sites (N-methyl/N-ethyl adjacent to an activating group) is 1. The fraction of sp³-hybridized carbons (Fsp3) is 0.191. The van der Waals surface area contributed by atoms with Crippen molar-refractivity contribution in [3.63, 3.8) is 0 Å². The molecule has 0 aromatic heterocycles. The van der Waals surface area contributed by atoms with Gasteiger partial charge in [-0.3, -0.25) is 20.2 Å². The van der Waals surface area contributed by atoms with Crippen molar-refractivity contribution in [1.82, 2.24) is 10.6 Å². The number of thiocarbonyl (C=S) groups is 2. The average Bonchev–Trinajstić information content (AvgIpc) is 3.20. The van der Waals surface area contributed by atoms with Gasteiger partial charge in [-0.25, -0.2) is 14.4 Å². The molecule has 84 heavy (non-hydrogen) atoms. The Morgan fingerprint density at radius 2 is 0.833 bits per heavy atom. The minimum absolute atomic E-state index is 0.00214. The van der Waals surface area contributed by atoms with E-state index in [2.05, 4.69) is 106 Å². The molecular weight excluding hydrogens is 1090 g/mol. The molecule has 3 aliphatic carbocycles. The molecule has 426 valence electrons. The van der Waals surface area contributed by atoms with Gasteiger partial charge in [0.1, 0.15) is 19.8 Å². The highest BCUT2D eigenvalue weighted by Gasteiger charge is 2.31. The number of fused-ring (bicyclic) bond motifs is 9. The molecule has 6 N–H and O–H groups in total. The van der Waals surface area contributed by atoms with E-state index in [9.17, 15) is 24.0 Å². The van der Waals surface area contributed by atoms with Crippen LogP contribution in [0.25, 0.3) is 33.4 Å². The number of aliphatic imine (C=N–C) groups is 1. The van der Waals surface area contributed by atoms with E-state index in [1.165, 1.54) is 55.6 Å². The maximum atomic E-state index is 12.4. The summed E-state index contributed by atoms with van der Waals surface area (Å²) in [6.07, 6.45) is -1.06. The number of alkyl carbamates (subject to hydrolysis) is 1. The lowest BCUT2D eigenvalue weighted by Crippen LogP contribution is -2.32. The Labute approximate surface area is 499 Å². The zero-order chi connectivity index (χ0) is 59.4. The molecule has 11 rings (SSSR count). The lowest BCUT2D eigenvalue weighted by atomic mass is 9.98. The Balaban J connectivity index is 0.000000165. The predicted octanol–water partition coefficient (Wildman–Crippen LogP) is 13.5. The minimum Gasteiger partial charge on any atom is -0.481 e. The molecule has 0 unspecified atom stereocenters. The van der Waals surface area contributed by atoms with E-state index in [0.717, 1.165) is 28.8 Å². The maximum absolute atomic E-state index is 12.4. The molecule has 0 fully saturated rings. The molecule has 0 radical (unpaired) electrons. The number of hydrogen-bond acceptors (Lipinski definition) is 11. The summed E-state index contributed by atoms with van der Waals surface area (Å²) in [4.78, 5) is 62.0. The first-order chi connectivity index (χ1) is 40.9. The van der Waals surface area contributed by atoms with E-state index in [4.69, 9.17) is 37.3 Å². The summed E-state index contributed by atoms with van der Waals surface area (Å²) >= 11 is 9.73. The standard InChI is InChI=1S/C27H26N2O3S.C23H19NO4.C16H11NO2S.C2H7N/c1-2-28-25(30)15-18-11-13-19(14-12-18)16-26(33)29-27(31)32-17-24-22-9-5-3-7-20(22)21-8-4-6-10-23(21)24;25-22(26)13-15-9-11-16(12-10-15)24-23(27)28-14-21-19-7-3-1-5-17(19)18-6-2-4-8-20(18)21;18-16(17-10-20)19-9-15-13-7-3-1-5-11(13)12-6-2-4-8-14(12)15;1-2-3/h3-14,24H,2,15-17H2,1H3,(H,28,30)(H,29,31,33);1-12,21H,13-14H2,(H,24,27)(H,25,26);1-8,15H,9H2;2-3H2,1H3. The third-order valence-corrected chi connectivity index (χ3v) is 14.4. The molecule has 16 heteroatoms. The fourth-order valence-electron chi connectivity index (χ4n) is 10.5. The summed E-state index contributed by atoms with van der Waals surface area (Å²) in [6, 6.07) is 63.4.